The third-order valence-electron chi connectivity index (χ3n) is 9.25. The summed E-state index contributed by atoms with van der Waals surface area (Å²) in [5, 5.41) is 11.0. The lowest BCUT2D eigenvalue weighted by Crippen LogP contribution is -2.63. The number of rotatable bonds is 0. The molecule has 1 N–H and O–H groups in total. The van der Waals surface area contributed by atoms with Gasteiger partial charge < -0.3 is 14.6 Å². The molecule has 142 valence electrons. The number of fused-ring (bicyclic) bond motifs is 8. The zero-order chi connectivity index (χ0) is 17.6. The van der Waals surface area contributed by atoms with Crippen molar-refractivity contribution < 1.29 is 14.6 Å². The minimum absolute atomic E-state index is 0.144. The zero-order valence-electron chi connectivity index (χ0n) is 16.5. The van der Waals surface area contributed by atoms with Crippen LogP contribution < -0.4 is 0 Å². The maximum Gasteiger partial charge on any atom is 0.163 e. The van der Waals surface area contributed by atoms with Gasteiger partial charge in [-0.25, -0.2) is 0 Å². The lowest BCUT2D eigenvalue weighted by molar-refractivity contribution is -0.187. The molecule has 5 rings (SSSR count). The predicted molar refractivity (Wildman–Crippen MR) is 96.9 cm³/mol. The molecule has 25 heavy (non-hydrogen) atoms. The molecule has 5 fully saturated rings. The van der Waals surface area contributed by atoms with Crippen LogP contribution in [0, 0.1) is 34.5 Å². The van der Waals surface area contributed by atoms with Crippen LogP contribution >= 0.6 is 0 Å². The van der Waals surface area contributed by atoms with Gasteiger partial charge in [0.15, 0.2) is 5.79 Å². The molecule has 9 atom stereocenters. The zero-order valence-corrected chi connectivity index (χ0v) is 16.5. The standard InChI is InChI=1S/C22H36O3/c1-20(2)24-18-14-7-5-6-10-22(14,4)13-8-11-21(3)12-9-15(23)17(21)16(13)19(18)25-20/h13-19,23H,5-12H2,1-4H3/t13?,14?,15-,16?,17?,18-,19-,21-,22-/m1/s1. The highest BCUT2D eigenvalue weighted by Crippen LogP contribution is 2.68. The van der Waals surface area contributed by atoms with Crippen LogP contribution in [-0.2, 0) is 9.47 Å². The fourth-order valence-corrected chi connectivity index (χ4v) is 8.24. The van der Waals surface area contributed by atoms with Gasteiger partial charge in [0.25, 0.3) is 0 Å². The predicted octanol–water partition coefficient (Wildman–Crippen LogP) is 4.52. The van der Waals surface area contributed by atoms with E-state index >= 15 is 0 Å². The van der Waals surface area contributed by atoms with Crippen molar-refractivity contribution in [2.75, 3.05) is 0 Å². The quantitative estimate of drug-likeness (QED) is 0.699. The summed E-state index contributed by atoms with van der Waals surface area (Å²) in [5.41, 5.74) is 0.677. The Hall–Kier alpha value is -0.120. The van der Waals surface area contributed by atoms with Crippen LogP contribution in [0.2, 0.25) is 0 Å². The summed E-state index contributed by atoms with van der Waals surface area (Å²) in [4.78, 5) is 0. The second-order valence-electron chi connectivity index (χ2n) is 10.9. The molecule has 1 saturated heterocycles. The average Bonchev–Trinajstić information content (AvgIpc) is 3.03. The molecule has 0 spiro atoms. The van der Waals surface area contributed by atoms with Crippen LogP contribution in [0.4, 0.5) is 0 Å². The maximum atomic E-state index is 11.0. The molecule has 0 radical (unpaired) electrons. The summed E-state index contributed by atoms with van der Waals surface area (Å²) >= 11 is 0. The molecule has 0 amide bonds. The minimum atomic E-state index is -0.472. The molecule has 0 aromatic rings. The van der Waals surface area contributed by atoms with Gasteiger partial charge in [-0.2, -0.15) is 0 Å². The minimum Gasteiger partial charge on any atom is -0.393 e. The van der Waals surface area contributed by atoms with Crippen molar-refractivity contribution in [3.63, 3.8) is 0 Å². The summed E-state index contributed by atoms with van der Waals surface area (Å²) < 4.78 is 13.1. The van der Waals surface area contributed by atoms with E-state index in [1.165, 1.54) is 44.9 Å². The average molecular weight is 349 g/mol. The second-order valence-corrected chi connectivity index (χ2v) is 10.9. The van der Waals surface area contributed by atoms with Gasteiger partial charge in [0.2, 0.25) is 0 Å². The van der Waals surface area contributed by atoms with Gasteiger partial charge in [-0.3, -0.25) is 0 Å². The Morgan fingerprint density at radius 1 is 0.800 bits per heavy atom. The third-order valence-corrected chi connectivity index (χ3v) is 9.25. The fraction of sp³-hybridized carbons (Fsp3) is 1.00. The van der Waals surface area contributed by atoms with Crippen LogP contribution in [0.25, 0.3) is 0 Å². The highest BCUT2D eigenvalue weighted by Gasteiger charge is 2.68. The molecule has 4 aliphatic carbocycles. The summed E-state index contributed by atoms with van der Waals surface area (Å²) in [6, 6.07) is 0. The van der Waals surface area contributed by atoms with Crippen LogP contribution in [0.3, 0.4) is 0 Å². The van der Waals surface area contributed by atoms with Gasteiger partial charge in [0, 0.05) is 0 Å². The van der Waals surface area contributed by atoms with Gasteiger partial charge in [0.1, 0.15) is 0 Å². The maximum absolute atomic E-state index is 11.0. The van der Waals surface area contributed by atoms with Crippen molar-refractivity contribution in [3.8, 4) is 0 Å². The van der Waals surface area contributed by atoms with Crippen LogP contribution in [0.1, 0.15) is 79.1 Å². The summed E-state index contributed by atoms with van der Waals surface area (Å²) in [6.07, 6.45) is 10.4. The van der Waals surface area contributed by atoms with Gasteiger partial charge in [-0.05, 0) is 86.9 Å². The van der Waals surface area contributed by atoms with E-state index in [1.807, 2.05) is 0 Å². The SMILES string of the molecule is CC1(C)O[C@@H]2C3C4[C@H](O)CC[C@@]4(C)CCC3[C@@]3(C)CCCCC3[C@H]2O1. The summed E-state index contributed by atoms with van der Waals surface area (Å²) in [6.45, 7) is 9.18. The van der Waals surface area contributed by atoms with E-state index in [9.17, 15) is 5.11 Å². The first-order chi connectivity index (χ1) is 11.8. The Kier molecular flexibility index (Phi) is 3.56. The number of aliphatic hydroxyl groups is 1. The van der Waals surface area contributed by atoms with Crippen molar-refractivity contribution in [2.45, 2.75) is 103 Å². The third kappa shape index (κ3) is 2.21. The monoisotopic (exact) mass is 348 g/mol. The molecule has 1 heterocycles. The topological polar surface area (TPSA) is 38.7 Å². The summed E-state index contributed by atoms with van der Waals surface area (Å²) in [7, 11) is 0. The van der Waals surface area contributed by atoms with Gasteiger partial charge in [-0.15, -0.1) is 0 Å². The van der Waals surface area contributed by atoms with Gasteiger partial charge in [0.05, 0.1) is 18.3 Å². The van der Waals surface area contributed by atoms with Crippen molar-refractivity contribution in [1.29, 1.82) is 0 Å². The number of hydrogen-bond donors (Lipinski definition) is 1. The van der Waals surface area contributed by atoms with Crippen molar-refractivity contribution >= 4 is 0 Å². The largest absolute Gasteiger partial charge is 0.393 e. The highest BCUT2D eigenvalue weighted by atomic mass is 16.8. The molecular weight excluding hydrogens is 312 g/mol. The Morgan fingerprint density at radius 2 is 1.52 bits per heavy atom. The lowest BCUT2D eigenvalue weighted by Gasteiger charge is -2.62. The normalized spacial score (nSPS) is 59.6. The van der Waals surface area contributed by atoms with E-state index in [0.717, 1.165) is 6.42 Å². The van der Waals surface area contributed by atoms with Crippen LogP contribution in [-0.4, -0.2) is 29.2 Å². The van der Waals surface area contributed by atoms with Crippen LogP contribution in [0.15, 0.2) is 0 Å². The smallest absolute Gasteiger partial charge is 0.163 e. The van der Waals surface area contributed by atoms with E-state index in [-0.39, 0.29) is 18.3 Å². The molecule has 4 saturated carbocycles. The molecule has 4 unspecified atom stereocenters. The molecule has 5 aliphatic rings. The Labute approximate surface area is 152 Å². The second kappa shape index (κ2) is 5.23. The Balaban J connectivity index is 1.61. The molecule has 0 aromatic carbocycles. The van der Waals surface area contributed by atoms with E-state index in [0.29, 0.717) is 34.5 Å². The van der Waals surface area contributed by atoms with Gasteiger partial charge >= 0.3 is 0 Å². The Bertz CT molecular complexity index is 559. The van der Waals surface area contributed by atoms with E-state index in [2.05, 4.69) is 27.7 Å². The van der Waals surface area contributed by atoms with Crippen LogP contribution in [0.5, 0.6) is 0 Å². The molecule has 1 aliphatic heterocycles. The molecule has 0 bridgehead atoms. The number of ether oxygens (including phenoxy) is 2. The van der Waals surface area contributed by atoms with E-state index in [1.54, 1.807) is 0 Å². The first kappa shape index (κ1) is 17.0. The Morgan fingerprint density at radius 3 is 2.32 bits per heavy atom. The number of aliphatic hydroxyl groups excluding tert-OH is 1. The van der Waals surface area contributed by atoms with Crippen molar-refractivity contribution in [2.24, 2.45) is 34.5 Å². The van der Waals surface area contributed by atoms with Crippen molar-refractivity contribution in [1.82, 2.24) is 0 Å². The first-order valence-corrected chi connectivity index (χ1v) is 10.8. The van der Waals surface area contributed by atoms with E-state index < -0.39 is 5.79 Å². The van der Waals surface area contributed by atoms with E-state index in [4.69, 9.17) is 9.47 Å². The molecular formula is C22H36O3. The highest BCUT2D eigenvalue weighted by molar-refractivity contribution is 5.15. The van der Waals surface area contributed by atoms with Gasteiger partial charge in [-0.1, -0.05) is 26.7 Å². The number of hydrogen-bond acceptors (Lipinski definition) is 3. The van der Waals surface area contributed by atoms with Crippen molar-refractivity contribution in [3.05, 3.63) is 0 Å². The fourth-order valence-electron chi connectivity index (χ4n) is 8.24. The molecule has 0 aromatic heterocycles. The lowest BCUT2D eigenvalue weighted by atomic mass is 9.44. The molecule has 3 heteroatoms. The summed E-state index contributed by atoms with van der Waals surface area (Å²) in [5.74, 6) is 1.73. The molecule has 3 nitrogen and oxygen atoms in total. The first-order valence-electron chi connectivity index (χ1n) is 10.8.